The molecule has 0 fully saturated rings. The Morgan fingerprint density at radius 1 is 1.08 bits per heavy atom. The minimum absolute atomic E-state index is 0.00365. The number of pyridine rings is 1. The van der Waals surface area contributed by atoms with Gasteiger partial charge < -0.3 is 10.3 Å². The molecule has 3 N–H and O–H groups in total. The van der Waals surface area contributed by atoms with E-state index in [4.69, 9.17) is 0 Å². The summed E-state index contributed by atoms with van der Waals surface area (Å²) in [4.78, 5) is 41.5. The van der Waals surface area contributed by atoms with Crippen LogP contribution in [-0.2, 0) is 0 Å². The van der Waals surface area contributed by atoms with Crippen molar-refractivity contribution in [3.8, 4) is 11.4 Å². The first-order valence-corrected chi connectivity index (χ1v) is 7.70. The smallest absolute Gasteiger partial charge is 0.360 e. The Balaban J connectivity index is 1.66. The lowest BCUT2D eigenvalue weighted by Gasteiger charge is -2.07. The van der Waals surface area contributed by atoms with Gasteiger partial charge >= 0.3 is 5.76 Å². The lowest BCUT2D eigenvalue weighted by molar-refractivity contribution is 0.102. The van der Waals surface area contributed by atoms with Crippen LogP contribution in [0.15, 0.2) is 68.8 Å². The van der Waals surface area contributed by atoms with Gasteiger partial charge in [0, 0.05) is 28.4 Å². The monoisotopic (exact) mass is 348 g/mol. The molecule has 0 spiro atoms. The van der Waals surface area contributed by atoms with E-state index in [1.54, 1.807) is 48.5 Å². The number of nitrogens with zero attached hydrogens (tertiary/aromatic N) is 1. The topological polar surface area (TPSA) is 121 Å². The Kier molecular flexibility index (Phi) is 3.70. The number of para-hydroxylation sites is 1. The number of H-pyrrole nitrogens is 2. The number of hydrogen-bond donors (Lipinski definition) is 3. The number of nitrogens with one attached hydrogen (secondary N) is 3. The van der Waals surface area contributed by atoms with Crippen LogP contribution in [0.4, 0.5) is 5.69 Å². The van der Waals surface area contributed by atoms with Crippen molar-refractivity contribution in [1.29, 1.82) is 0 Å². The summed E-state index contributed by atoms with van der Waals surface area (Å²) < 4.78 is 4.47. The van der Waals surface area contributed by atoms with E-state index >= 15 is 0 Å². The Morgan fingerprint density at radius 2 is 1.92 bits per heavy atom. The van der Waals surface area contributed by atoms with Crippen molar-refractivity contribution in [2.75, 3.05) is 5.32 Å². The highest BCUT2D eigenvalue weighted by molar-refractivity contribution is 6.05. The third-order valence-corrected chi connectivity index (χ3v) is 3.87. The number of aromatic amines is 2. The Morgan fingerprint density at radius 3 is 2.73 bits per heavy atom. The first-order valence-electron chi connectivity index (χ1n) is 7.70. The molecule has 128 valence electrons. The lowest BCUT2D eigenvalue weighted by atomic mass is 10.1. The van der Waals surface area contributed by atoms with Crippen LogP contribution < -0.4 is 16.5 Å². The Hall–Kier alpha value is -3.94. The summed E-state index contributed by atoms with van der Waals surface area (Å²) in [5.41, 5.74) is 1.31. The average molecular weight is 348 g/mol. The lowest BCUT2D eigenvalue weighted by Crippen LogP contribution is -2.21. The number of hydrogen-bond acceptors (Lipinski definition) is 5. The summed E-state index contributed by atoms with van der Waals surface area (Å²) in [6.07, 6.45) is 1.39. The molecule has 0 aliphatic rings. The van der Waals surface area contributed by atoms with Crippen molar-refractivity contribution < 1.29 is 9.32 Å². The van der Waals surface area contributed by atoms with Crippen molar-refractivity contribution in [3.05, 3.63) is 81.1 Å². The molecular weight excluding hydrogens is 336 g/mol. The van der Waals surface area contributed by atoms with Gasteiger partial charge in [0.1, 0.15) is 5.56 Å². The highest BCUT2D eigenvalue weighted by Gasteiger charge is 2.14. The molecule has 2 aromatic carbocycles. The van der Waals surface area contributed by atoms with Gasteiger partial charge in [0.15, 0.2) is 5.82 Å². The van der Waals surface area contributed by atoms with Crippen LogP contribution in [-0.4, -0.2) is 21.0 Å². The van der Waals surface area contributed by atoms with E-state index in [1.165, 1.54) is 6.20 Å². The molecule has 2 aromatic heterocycles. The molecule has 8 heteroatoms. The fourth-order valence-corrected chi connectivity index (χ4v) is 2.63. The maximum absolute atomic E-state index is 12.5. The van der Waals surface area contributed by atoms with Crippen LogP contribution in [0, 0.1) is 0 Å². The summed E-state index contributed by atoms with van der Waals surface area (Å²) in [5, 5.41) is 6.71. The van der Waals surface area contributed by atoms with Crippen LogP contribution in [0.5, 0.6) is 0 Å². The van der Waals surface area contributed by atoms with E-state index in [0.717, 1.165) is 0 Å². The zero-order chi connectivity index (χ0) is 18.1. The second-order valence-electron chi connectivity index (χ2n) is 5.56. The van der Waals surface area contributed by atoms with Crippen LogP contribution in [0.1, 0.15) is 10.4 Å². The van der Waals surface area contributed by atoms with Gasteiger partial charge in [-0.05, 0) is 24.3 Å². The summed E-state index contributed by atoms with van der Waals surface area (Å²) in [6.45, 7) is 0. The molecule has 0 saturated heterocycles. The van der Waals surface area contributed by atoms with Gasteiger partial charge in [-0.25, -0.2) is 4.79 Å². The first-order chi connectivity index (χ1) is 12.6. The second kappa shape index (κ2) is 6.17. The van der Waals surface area contributed by atoms with Crippen molar-refractivity contribution >= 4 is 22.5 Å². The van der Waals surface area contributed by atoms with Crippen LogP contribution in [0.3, 0.4) is 0 Å². The minimum Gasteiger partial charge on any atom is -0.360 e. The molecule has 0 aliphatic heterocycles. The molecule has 0 atom stereocenters. The minimum atomic E-state index is -0.669. The number of carbonyl (C=O) groups excluding carboxylic acids is 1. The van der Waals surface area contributed by atoms with Crippen molar-refractivity contribution in [3.63, 3.8) is 0 Å². The molecule has 0 aliphatic carbocycles. The molecule has 4 aromatic rings. The van der Waals surface area contributed by atoms with Gasteiger partial charge in [-0.3, -0.25) is 19.1 Å². The summed E-state index contributed by atoms with van der Waals surface area (Å²) in [7, 11) is 0. The highest BCUT2D eigenvalue weighted by atomic mass is 16.5. The predicted molar refractivity (Wildman–Crippen MR) is 95.1 cm³/mol. The molecule has 26 heavy (non-hydrogen) atoms. The zero-order valence-electron chi connectivity index (χ0n) is 13.3. The molecule has 2 heterocycles. The maximum Gasteiger partial charge on any atom is 0.439 e. The predicted octanol–water partition coefficient (Wildman–Crippen LogP) is 2.12. The van der Waals surface area contributed by atoms with E-state index in [-0.39, 0.29) is 16.8 Å². The molecule has 0 unspecified atom stereocenters. The number of rotatable bonds is 3. The molecular formula is C18H12N4O4. The standard InChI is InChI=1S/C18H12N4O4/c23-15-12-6-1-2-7-14(12)19-9-13(15)17(24)20-11-5-3-4-10(8-11)16-21-18(25)26-22-16/h1-9H,(H,19,23)(H,20,24)(H,21,22,25). The van der Waals surface area contributed by atoms with E-state index in [0.29, 0.717) is 22.2 Å². The summed E-state index contributed by atoms with van der Waals surface area (Å²) in [6, 6.07) is 13.6. The van der Waals surface area contributed by atoms with Gasteiger partial charge in [-0.2, -0.15) is 0 Å². The molecule has 1 amide bonds. The maximum atomic E-state index is 12.5. The number of aromatic nitrogens is 3. The zero-order valence-corrected chi connectivity index (χ0v) is 13.3. The fraction of sp³-hybridized carbons (Fsp3) is 0. The molecule has 0 bridgehead atoms. The van der Waals surface area contributed by atoms with Gasteiger partial charge in [-0.1, -0.05) is 29.4 Å². The SMILES string of the molecule is O=C(Nc1cccc(-c2noc(=O)[nH]2)c1)c1c[nH]c2ccccc2c1=O. The molecule has 0 radical (unpaired) electrons. The van der Waals surface area contributed by atoms with E-state index in [1.807, 2.05) is 0 Å². The largest absolute Gasteiger partial charge is 0.439 e. The number of amides is 1. The molecule has 0 saturated carbocycles. The van der Waals surface area contributed by atoms with Crippen LogP contribution in [0.2, 0.25) is 0 Å². The number of anilines is 1. The summed E-state index contributed by atoms with van der Waals surface area (Å²) >= 11 is 0. The van der Waals surface area contributed by atoms with E-state index in [2.05, 4.69) is 25.0 Å². The first kappa shape index (κ1) is 15.6. The van der Waals surface area contributed by atoms with E-state index < -0.39 is 11.7 Å². The second-order valence-corrected chi connectivity index (χ2v) is 5.56. The van der Waals surface area contributed by atoms with Gasteiger partial charge in [0.05, 0.1) is 0 Å². The Labute approximate surface area is 145 Å². The average Bonchev–Trinajstić information content (AvgIpc) is 3.09. The Bertz CT molecular complexity index is 1240. The van der Waals surface area contributed by atoms with Gasteiger partial charge in [-0.15, -0.1) is 0 Å². The number of carbonyl (C=O) groups is 1. The van der Waals surface area contributed by atoms with Gasteiger partial charge in [0.2, 0.25) is 5.43 Å². The highest BCUT2D eigenvalue weighted by Crippen LogP contribution is 2.19. The fourth-order valence-electron chi connectivity index (χ4n) is 2.63. The normalized spacial score (nSPS) is 10.8. The summed E-state index contributed by atoms with van der Waals surface area (Å²) in [5.74, 6) is -0.963. The third-order valence-electron chi connectivity index (χ3n) is 3.87. The van der Waals surface area contributed by atoms with Crippen molar-refractivity contribution in [1.82, 2.24) is 15.1 Å². The third kappa shape index (κ3) is 2.80. The quantitative estimate of drug-likeness (QED) is 0.524. The number of benzene rings is 2. The van der Waals surface area contributed by atoms with Crippen molar-refractivity contribution in [2.45, 2.75) is 0 Å². The molecule has 8 nitrogen and oxygen atoms in total. The van der Waals surface area contributed by atoms with Crippen LogP contribution in [0.25, 0.3) is 22.3 Å². The van der Waals surface area contributed by atoms with Crippen molar-refractivity contribution in [2.24, 2.45) is 0 Å². The van der Waals surface area contributed by atoms with E-state index in [9.17, 15) is 14.4 Å². The number of fused-ring (bicyclic) bond motifs is 1. The van der Waals surface area contributed by atoms with Crippen LogP contribution >= 0.6 is 0 Å². The van der Waals surface area contributed by atoms with Gasteiger partial charge in [0.25, 0.3) is 5.91 Å². The molecule has 4 rings (SSSR count).